The van der Waals surface area contributed by atoms with E-state index in [0.717, 1.165) is 6.07 Å². The van der Waals surface area contributed by atoms with Gasteiger partial charge in [-0.15, -0.1) is 0 Å². The summed E-state index contributed by atoms with van der Waals surface area (Å²) in [6.45, 7) is 1.78. The quantitative estimate of drug-likeness (QED) is 0.853. The van der Waals surface area contributed by atoms with Gasteiger partial charge in [0.05, 0.1) is 12.3 Å². The topological polar surface area (TPSA) is 38.3 Å². The van der Waals surface area contributed by atoms with Gasteiger partial charge in [-0.3, -0.25) is 0 Å². The average molecular weight is 309 g/mol. The molecule has 0 heterocycles. The first-order valence-corrected chi connectivity index (χ1v) is 6.65. The molecule has 0 bridgehead atoms. The van der Waals surface area contributed by atoms with E-state index in [2.05, 4.69) is 5.32 Å². The number of benzene rings is 2. The normalized spacial score (nSPS) is 11.8. The van der Waals surface area contributed by atoms with E-state index in [0.29, 0.717) is 11.6 Å². The van der Waals surface area contributed by atoms with Gasteiger partial charge >= 0.3 is 5.97 Å². The number of rotatable bonds is 5. The summed E-state index contributed by atoms with van der Waals surface area (Å²) in [5, 5.41) is 2.66. The lowest BCUT2D eigenvalue weighted by Gasteiger charge is -2.19. The van der Waals surface area contributed by atoms with Crippen LogP contribution in [0.5, 0.6) is 0 Å². The van der Waals surface area contributed by atoms with Crippen molar-refractivity contribution in [2.24, 2.45) is 0 Å². The van der Waals surface area contributed by atoms with Crippen LogP contribution in [0.1, 0.15) is 18.5 Å². The summed E-state index contributed by atoms with van der Waals surface area (Å²) < 4.78 is 44.6. The Morgan fingerprint density at radius 2 is 1.73 bits per heavy atom. The van der Waals surface area contributed by atoms with Crippen molar-refractivity contribution in [2.45, 2.75) is 13.0 Å². The molecule has 0 saturated heterocycles. The van der Waals surface area contributed by atoms with Crippen LogP contribution in [-0.2, 0) is 9.53 Å². The van der Waals surface area contributed by atoms with Gasteiger partial charge in [-0.25, -0.2) is 18.0 Å². The molecule has 1 unspecified atom stereocenters. The molecule has 2 aromatic rings. The summed E-state index contributed by atoms with van der Waals surface area (Å²) in [5.41, 5.74) is 0.354. The van der Waals surface area contributed by atoms with Gasteiger partial charge in [-0.2, -0.15) is 0 Å². The lowest BCUT2D eigenvalue weighted by Crippen LogP contribution is -2.24. The molecule has 1 atom stereocenters. The molecule has 116 valence electrons. The minimum atomic E-state index is -1.03. The Labute approximate surface area is 125 Å². The third-order valence-electron chi connectivity index (χ3n) is 2.96. The van der Waals surface area contributed by atoms with Crippen molar-refractivity contribution in [1.82, 2.24) is 0 Å². The van der Waals surface area contributed by atoms with E-state index < -0.39 is 29.5 Å². The van der Waals surface area contributed by atoms with Gasteiger partial charge in [-0.1, -0.05) is 12.1 Å². The van der Waals surface area contributed by atoms with Crippen molar-refractivity contribution in [3.05, 3.63) is 65.5 Å². The second-order valence-corrected chi connectivity index (χ2v) is 4.51. The zero-order valence-electron chi connectivity index (χ0n) is 11.8. The van der Waals surface area contributed by atoms with Crippen molar-refractivity contribution in [2.75, 3.05) is 11.9 Å². The smallest absolute Gasteiger partial charge is 0.333 e. The van der Waals surface area contributed by atoms with Crippen molar-refractivity contribution >= 4 is 11.7 Å². The largest absolute Gasteiger partial charge is 0.464 e. The molecular formula is C16H14F3NO2. The molecule has 1 N–H and O–H groups in total. The van der Waals surface area contributed by atoms with Crippen LogP contribution in [0.15, 0.2) is 42.5 Å². The van der Waals surface area contributed by atoms with Crippen LogP contribution in [0, 0.1) is 17.5 Å². The SMILES string of the molecule is CCOC(=O)C(Nc1ccc(F)cc1F)c1ccc(F)cc1. The standard InChI is InChI=1S/C16H14F3NO2/c1-2-22-16(21)15(10-3-5-11(17)6-4-10)20-14-8-7-12(18)9-13(14)19/h3-9,15,20H,2H2,1H3. The number of esters is 1. The first kappa shape index (κ1) is 15.9. The summed E-state index contributed by atoms with van der Waals surface area (Å²) in [7, 11) is 0. The predicted octanol–water partition coefficient (Wildman–Crippen LogP) is 3.82. The molecule has 0 aliphatic heterocycles. The first-order chi connectivity index (χ1) is 10.5. The Hall–Kier alpha value is -2.50. The molecule has 0 aliphatic carbocycles. The molecule has 0 saturated carbocycles. The van der Waals surface area contributed by atoms with Crippen LogP contribution in [0.2, 0.25) is 0 Å². The maximum absolute atomic E-state index is 13.7. The number of ether oxygens (including phenoxy) is 1. The molecule has 0 aromatic heterocycles. The monoisotopic (exact) mass is 309 g/mol. The minimum absolute atomic E-state index is 0.0521. The fourth-order valence-electron chi connectivity index (χ4n) is 1.92. The van der Waals surface area contributed by atoms with Crippen molar-refractivity contribution in [3.8, 4) is 0 Å². The van der Waals surface area contributed by atoms with E-state index in [-0.39, 0.29) is 12.3 Å². The van der Waals surface area contributed by atoms with E-state index in [9.17, 15) is 18.0 Å². The highest BCUT2D eigenvalue weighted by atomic mass is 19.1. The van der Waals surface area contributed by atoms with Crippen LogP contribution in [0.25, 0.3) is 0 Å². The highest BCUT2D eigenvalue weighted by Crippen LogP contribution is 2.24. The number of halogens is 3. The molecule has 0 spiro atoms. The van der Waals surface area contributed by atoms with E-state index in [1.807, 2.05) is 0 Å². The molecule has 22 heavy (non-hydrogen) atoms. The summed E-state index contributed by atoms with van der Waals surface area (Å²) in [4.78, 5) is 12.0. The van der Waals surface area contributed by atoms with Crippen molar-refractivity contribution in [1.29, 1.82) is 0 Å². The summed E-state index contributed by atoms with van der Waals surface area (Å²) in [6, 6.07) is 7.08. The zero-order chi connectivity index (χ0) is 16.1. The molecule has 6 heteroatoms. The van der Waals surface area contributed by atoms with Gasteiger partial charge in [0.2, 0.25) is 0 Å². The number of hydrogen-bond acceptors (Lipinski definition) is 3. The first-order valence-electron chi connectivity index (χ1n) is 6.65. The zero-order valence-corrected chi connectivity index (χ0v) is 11.8. The lowest BCUT2D eigenvalue weighted by molar-refractivity contribution is -0.144. The number of anilines is 1. The fraction of sp³-hybridized carbons (Fsp3) is 0.188. The molecule has 0 aliphatic rings. The summed E-state index contributed by atoms with van der Waals surface area (Å²) in [6.07, 6.45) is 0. The Bertz CT molecular complexity index is 659. The van der Waals surface area contributed by atoms with Crippen LogP contribution < -0.4 is 5.32 Å². The maximum atomic E-state index is 13.7. The molecule has 0 fully saturated rings. The van der Waals surface area contributed by atoms with Gasteiger partial charge in [-0.05, 0) is 36.8 Å². The molecule has 0 amide bonds. The van der Waals surface area contributed by atoms with Crippen molar-refractivity contribution in [3.63, 3.8) is 0 Å². The van der Waals surface area contributed by atoms with Crippen LogP contribution in [0.3, 0.4) is 0 Å². The van der Waals surface area contributed by atoms with Crippen LogP contribution >= 0.6 is 0 Å². The Morgan fingerprint density at radius 3 is 2.32 bits per heavy atom. The number of hydrogen-bond donors (Lipinski definition) is 1. The number of carbonyl (C=O) groups excluding carboxylic acids is 1. The van der Waals surface area contributed by atoms with E-state index in [4.69, 9.17) is 4.74 Å². The van der Waals surface area contributed by atoms with Gasteiger partial charge in [0.15, 0.2) is 6.04 Å². The van der Waals surface area contributed by atoms with Gasteiger partial charge in [0.25, 0.3) is 0 Å². The second-order valence-electron chi connectivity index (χ2n) is 4.51. The summed E-state index contributed by atoms with van der Waals surface area (Å²) >= 11 is 0. The number of nitrogens with one attached hydrogen (secondary N) is 1. The van der Waals surface area contributed by atoms with Crippen LogP contribution in [-0.4, -0.2) is 12.6 Å². The average Bonchev–Trinajstić information content (AvgIpc) is 2.48. The van der Waals surface area contributed by atoms with E-state index in [1.54, 1.807) is 6.92 Å². The Kier molecular flexibility index (Phi) is 5.04. The van der Waals surface area contributed by atoms with Crippen molar-refractivity contribution < 1.29 is 22.7 Å². The molecule has 0 radical (unpaired) electrons. The minimum Gasteiger partial charge on any atom is -0.464 e. The maximum Gasteiger partial charge on any atom is 0.333 e. The predicted molar refractivity (Wildman–Crippen MR) is 75.8 cm³/mol. The highest BCUT2D eigenvalue weighted by molar-refractivity contribution is 5.81. The molecule has 2 aromatic carbocycles. The van der Waals surface area contributed by atoms with Crippen LogP contribution in [0.4, 0.5) is 18.9 Å². The Balaban J connectivity index is 2.32. The van der Waals surface area contributed by atoms with Gasteiger partial charge in [0, 0.05) is 6.07 Å². The second kappa shape index (κ2) is 6.98. The fourth-order valence-corrected chi connectivity index (χ4v) is 1.92. The molecule has 2 rings (SSSR count). The third kappa shape index (κ3) is 3.78. The summed E-state index contributed by atoms with van der Waals surface area (Å²) in [5.74, 6) is -2.66. The van der Waals surface area contributed by atoms with Gasteiger partial charge < -0.3 is 10.1 Å². The van der Waals surface area contributed by atoms with Gasteiger partial charge in [0.1, 0.15) is 17.5 Å². The third-order valence-corrected chi connectivity index (χ3v) is 2.96. The lowest BCUT2D eigenvalue weighted by atomic mass is 10.1. The van der Waals surface area contributed by atoms with E-state index >= 15 is 0 Å². The number of carbonyl (C=O) groups is 1. The Morgan fingerprint density at radius 1 is 1.09 bits per heavy atom. The van der Waals surface area contributed by atoms with E-state index in [1.165, 1.54) is 30.3 Å². The molecular weight excluding hydrogens is 295 g/mol. The highest BCUT2D eigenvalue weighted by Gasteiger charge is 2.23. The molecule has 3 nitrogen and oxygen atoms in total.